The van der Waals surface area contributed by atoms with Gasteiger partial charge in [0.2, 0.25) is 0 Å². The van der Waals surface area contributed by atoms with Crippen LogP contribution in [0.1, 0.15) is 51.9 Å². The second-order valence-electron chi connectivity index (χ2n) is 4.50. The predicted molar refractivity (Wildman–Crippen MR) is 57.6 cm³/mol. The van der Waals surface area contributed by atoms with Crippen molar-refractivity contribution >= 4 is 0 Å². The molecular formula is C13H20. The summed E-state index contributed by atoms with van der Waals surface area (Å²) in [5.41, 5.74) is 3.56. The van der Waals surface area contributed by atoms with Crippen LogP contribution in [0.5, 0.6) is 0 Å². The molecule has 2 aliphatic carbocycles. The monoisotopic (exact) mass is 176 g/mol. The highest BCUT2D eigenvalue weighted by Crippen LogP contribution is 2.39. The molecule has 0 aromatic carbocycles. The molecule has 0 unspecified atom stereocenters. The van der Waals surface area contributed by atoms with Crippen LogP contribution in [0, 0.1) is 5.92 Å². The highest BCUT2D eigenvalue weighted by Gasteiger charge is 2.23. The van der Waals surface area contributed by atoms with Gasteiger partial charge in [-0.15, -0.1) is 0 Å². The van der Waals surface area contributed by atoms with E-state index in [2.05, 4.69) is 19.1 Å². The summed E-state index contributed by atoms with van der Waals surface area (Å²) in [4.78, 5) is 0. The van der Waals surface area contributed by atoms with Crippen LogP contribution in [0.25, 0.3) is 0 Å². The van der Waals surface area contributed by atoms with E-state index in [1.165, 1.54) is 44.9 Å². The summed E-state index contributed by atoms with van der Waals surface area (Å²) in [7, 11) is 0. The van der Waals surface area contributed by atoms with Gasteiger partial charge in [-0.2, -0.15) is 0 Å². The molecule has 0 aliphatic heterocycles. The molecule has 0 aromatic heterocycles. The van der Waals surface area contributed by atoms with Gasteiger partial charge in [0.15, 0.2) is 0 Å². The zero-order valence-electron chi connectivity index (χ0n) is 8.68. The molecule has 0 atom stereocenters. The Bertz CT molecular complexity index is 212. The minimum atomic E-state index is 1.00. The van der Waals surface area contributed by atoms with Crippen molar-refractivity contribution in [3.8, 4) is 0 Å². The van der Waals surface area contributed by atoms with E-state index in [0.29, 0.717) is 0 Å². The number of rotatable bonds is 3. The predicted octanol–water partition coefficient (Wildman–Crippen LogP) is 4.23. The van der Waals surface area contributed by atoms with E-state index in [-0.39, 0.29) is 0 Å². The third-order valence-corrected chi connectivity index (χ3v) is 3.43. The molecule has 2 rings (SSSR count). The van der Waals surface area contributed by atoms with Crippen molar-refractivity contribution in [3.05, 3.63) is 23.3 Å². The fourth-order valence-electron chi connectivity index (χ4n) is 2.66. The van der Waals surface area contributed by atoms with Gasteiger partial charge >= 0.3 is 0 Å². The van der Waals surface area contributed by atoms with E-state index in [9.17, 15) is 0 Å². The van der Waals surface area contributed by atoms with Crippen LogP contribution in [0.2, 0.25) is 0 Å². The van der Waals surface area contributed by atoms with Crippen LogP contribution >= 0.6 is 0 Å². The quantitative estimate of drug-likeness (QED) is 0.564. The SMILES string of the molecule is CCCCC1CC2=C(CC=CC2)C1. The molecular weight excluding hydrogens is 156 g/mol. The Morgan fingerprint density at radius 1 is 1.15 bits per heavy atom. The van der Waals surface area contributed by atoms with Crippen LogP contribution in [-0.2, 0) is 0 Å². The molecule has 0 amide bonds. The van der Waals surface area contributed by atoms with E-state index >= 15 is 0 Å². The lowest BCUT2D eigenvalue weighted by Crippen LogP contribution is -1.94. The lowest BCUT2D eigenvalue weighted by molar-refractivity contribution is 0.484. The second kappa shape index (κ2) is 4.13. The Morgan fingerprint density at radius 2 is 1.77 bits per heavy atom. The van der Waals surface area contributed by atoms with Crippen LogP contribution in [0.15, 0.2) is 23.3 Å². The lowest BCUT2D eigenvalue weighted by atomic mass is 9.98. The number of allylic oxidation sites excluding steroid dienone is 4. The summed E-state index contributed by atoms with van der Waals surface area (Å²) < 4.78 is 0. The van der Waals surface area contributed by atoms with Gasteiger partial charge in [-0.05, 0) is 38.0 Å². The summed E-state index contributed by atoms with van der Waals surface area (Å²) in [5.74, 6) is 1.00. The van der Waals surface area contributed by atoms with Gasteiger partial charge in [0.1, 0.15) is 0 Å². The van der Waals surface area contributed by atoms with Gasteiger partial charge in [-0.25, -0.2) is 0 Å². The van der Waals surface area contributed by atoms with Gasteiger partial charge in [-0.1, -0.05) is 43.1 Å². The van der Waals surface area contributed by atoms with Crippen molar-refractivity contribution in [2.75, 3.05) is 0 Å². The van der Waals surface area contributed by atoms with Crippen molar-refractivity contribution in [3.63, 3.8) is 0 Å². The minimum Gasteiger partial charge on any atom is -0.0841 e. The average molecular weight is 176 g/mol. The molecule has 0 spiro atoms. The Labute approximate surface area is 81.7 Å². The van der Waals surface area contributed by atoms with Crippen molar-refractivity contribution < 1.29 is 0 Å². The number of unbranched alkanes of at least 4 members (excludes halogenated alkanes) is 1. The van der Waals surface area contributed by atoms with Crippen LogP contribution in [-0.4, -0.2) is 0 Å². The van der Waals surface area contributed by atoms with E-state index in [4.69, 9.17) is 0 Å². The highest BCUT2D eigenvalue weighted by molar-refractivity contribution is 5.28. The molecule has 72 valence electrons. The normalized spacial score (nSPS) is 22.5. The Kier molecular flexibility index (Phi) is 2.87. The molecule has 2 aliphatic rings. The largest absolute Gasteiger partial charge is 0.0841 e. The third kappa shape index (κ3) is 2.04. The molecule has 0 radical (unpaired) electrons. The summed E-state index contributed by atoms with van der Waals surface area (Å²) in [6.45, 7) is 2.30. The van der Waals surface area contributed by atoms with Crippen molar-refractivity contribution in [1.29, 1.82) is 0 Å². The minimum absolute atomic E-state index is 1.00. The Morgan fingerprint density at radius 3 is 2.31 bits per heavy atom. The van der Waals surface area contributed by atoms with E-state index in [1.807, 2.05) is 0 Å². The maximum atomic E-state index is 2.35. The van der Waals surface area contributed by atoms with Gasteiger partial charge in [-0.3, -0.25) is 0 Å². The molecule has 0 N–H and O–H groups in total. The molecule has 0 saturated carbocycles. The molecule has 13 heavy (non-hydrogen) atoms. The summed E-state index contributed by atoms with van der Waals surface area (Å²) in [6.07, 6.45) is 14.3. The van der Waals surface area contributed by atoms with Crippen LogP contribution in [0.4, 0.5) is 0 Å². The molecule has 0 nitrogen and oxygen atoms in total. The lowest BCUT2D eigenvalue weighted by Gasteiger charge is -2.07. The maximum Gasteiger partial charge on any atom is -0.0136 e. The molecule has 0 saturated heterocycles. The molecule has 0 fully saturated rings. The van der Waals surface area contributed by atoms with Crippen molar-refractivity contribution in [2.24, 2.45) is 5.92 Å². The molecule has 0 heterocycles. The average Bonchev–Trinajstić information content (AvgIpc) is 2.57. The zero-order chi connectivity index (χ0) is 9.10. The van der Waals surface area contributed by atoms with Gasteiger partial charge in [0, 0.05) is 0 Å². The van der Waals surface area contributed by atoms with E-state index in [1.54, 1.807) is 11.1 Å². The Hall–Kier alpha value is -0.520. The zero-order valence-corrected chi connectivity index (χ0v) is 8.68. The van der Waals surface area contributed by atoms with Gasteiger partial charge in [0.25, 0.3) is 0 Å². The molecule has 0 bridgehead atoms. The fraction of sp³-hybridized carbons (Fsp3) is 0.692. The molecule has 0 aromatic rings. The van der Waals surface area contributed by atoms with Crippen molar-refractivity contribution in [1.82, 2.24) is 0 Å². The number of hydrogen-bond acceptors (Lipinski definition) is 0. The first-order valence-corrected chi connectivity index (χ1v) is 5.75. The first-order chi connectivity index (χ1) is 6.40. The fourth-order valence-corrected chi connectivity index (χ4v) is 2.66. The smallest absolute Gasteiger partial charge is 0.0136 e. The molecule has 0 heteroatoms. The van der Waals surface area contributed by atoms with Gasteiger partial charge < -0.3 is 0 Å². The van der Waals surface area contributed by atoms with Gasteiger partial charge in [0.05, 0.1) is 0 Å². The number of hydrogen-bond donors (Lipinski definition) is 0. The van der Waals surface area contributed by atoms with E-state index < -0.39 is 0 Å². The van der Waals surface area contributed by atoms with Crippen LogP contribution < -0.4 is 0 Å². The summed E-state index contributed by atoms with van der Waals surface area (Å²) >= 11 is 0. The highest BCUT2D eigenvalue weighted by atomic mass is 14.3. The second-order valence-corrected chi connectivity index (χ2v) is 4.50. The van der Waals surface area contributed by atoms with E-state index in [0.717, 1.165) is 5.92 Å². The summed E-state index contributed by atoms with van der Waals surface area (Å²) in [5, 5.41) is 0. The van der Waals surface area contributed by atoms with Crippen LogP contribution in [0.3, 0.4) is 0 Å². The standard InChI is InChI=1S/C13H20/c1-2-3-6-11-9-12-7-4-5-8-13(12)10-11/h4-5,11H,2-3,6-10H2,1H3. The third-order valence-electron chi connectivity index (χ3n) is 3.43. The summed E-state index contributed by atoms with van der Waals surface area (Å²) in [6, 6.07) is 0. The first-order valence-electron chi connectivity index (χ1n) is 5.75. The first kappa shape index (κ1) is 9.05. The van der Waals surface area contributed by atoms with Crippen molar-refractivity contribution in [2.45, 2.75) is 51.9 Å². The Balaban J connectivity index is 1.84. The topological polar surface area (TPSA) is 0 Å². The maximum absolute atomic E-state index is 2.35.